The van der Waals surface area contributed by atoms with Crippen LogP contribution in [0, 0.1) is 5.82 Å². The molecule has 0 unspecified atom stereocenters. The summed E-state index contributed by atoms with van der Waals surface area (Å²) in [6.45, 7) is 0. The van der Waals surface area contributed by atoms with Crippen LogP contribution in [-0.4, -0.2) is 0 Å². The van der Waals surface area contributed by atoms with Crippen molar-refractivity contribution in [3.05, 3.63) is 30.1 Å². The summed E-state index contributed by atoms with van der Waals surface area (Å²) >= 11 is 0. The molecule has 0 aliphatic carbocycles. The fourth-order valence-electron chi connectivity index (χ4n) is 0.621. The normalized spacial score (nSPS) is 9.40. The predicted octanol–water partition coefficient (Wildman–Crippen LogP) is 1.63. The summed E-state index contributed by atoms with van der Waals surface area (Å²) in [6, 6.07) is 5.47. The van der Waals surface area contributed by atoms with Crippen LogP contribution in [0.5, 0.6) is 0 Å². The molecule has 0 fully saturated rings. The number of hydrazine groups is 1. The molecule has 0 spiro atoms. The molecule has 0 aliphatic heterocycles. The van der Waals surface area contributed by atoms with Gasteiger partial charge in [-0.15, -0.1) is 4.48 Å². The number of hydrogen-bond donors (Lipinski definition) is 2. The van der Waals surface area contributed by atoms with E-state index in [1.165, 1.54) is 29.9 Å². The van der Waals surface area contributed by atoms with Crippen molar-refractivity contribution in [3.8, 4) is 0 Å². The van der Waals surface area contributed by atoms with Crippen LogP contribution in [0.4, 0.5) is 14.6 Å². The summed E-state index contributed by atoms with van der Waals surface area (Å²) < 4.78 is 23.6. The third-order valence-corrected chi connectivity index (χ3v) is 1.02. The molecule has 0 saturated heterocycles. The molecular formula is C6H6F2N2. The number of rotatable bonds is 2. The highest BCUT2D eigenvalue weighted by molar-refractivity contribution is 5.41. The fraction of sp³-hybridized carbons (Fsp3) is 0. The van der Waals surface area contributed by atoms with E-state index in [0.29, 0.717) is 5.69 Å². The lowest BCUT2D eigenvalue weighted by molar-refractivity contribution is 0.376. The molecule has 10 heavy (non-hydrogen) atoms. The van der Waals surface area contributed by atoms with Gasteiger partial charge in [-0.25, -0.2) is 4.39 Å². The predicted molar refractivity (Wildman–Crippen MR) is 34.3 cm³/mol. The lowest BCUT2D eigenvalue weighted by atomic mass is 10.3. The zero-order chi connectivity index (χ0) is 7.40. The van der Waals surface area contributed by atoms with Crippen molar-refractivity contribution in [3.63, 3.8) is 0 Å². The molecule has 0 heterocycles. The number of hydrogen-bond acceptors (Lipinski definition) is 2. The second-order valence-electron chi connectivity index (χ2n) is 1.73. The molecule has 0 aromatic heterocycles. The standard InChI is InChI=1S/C6H6F2N2/c7-5-2-1-3-6(4-5)9-10-8/h1-4,9-10H. The van der Waals surface area contributed by atoms with Crippen LogP contribution < -0.4 is 11.1 Å². The molecule has 4 heteroatoms. The second-order valence-corrected chi connectivity index (χ2v) is 1.73. The Bertz CT molecular complexity index is 215. The van der Waals surface area contributed by atoms with Crippen molar-refractivity contribution >= 4 is 5.69 Å². The van der Waals surface area contributed by atoms with Crippen LogP contribution in [0.3, 0.4) is 0 Å². The Morgan fingerprint density at radius 1 is 1.30 bits per heavy atom. The van der Waals surface area contributed by atoms with Gasteiger partial charge in [0, 0.05) is 0 Å². The van der Waals surface area contributed by atoms with Crippen molar-refractivity contribution in [2.75, 3.05) is 5.43 Å². The first-order chi connectivity index (χ1) is 4.83. The second kappa shape index (κ2) is 3.12. The van der Waals surface area contributed by atoms with E-state index in [1.54, 1.807) is 0 Å². The third-order valence-electron chi connectivity index (χ3n) is 1.02. The summed E-state index contributed by atoms with van der Waals surface area (Å²) in [7, 11) is 0. The highest BCUT2D eigenvalue weighted by atomic mass is 19.2. The highest BCUT2D eigenvalue weighted by Gasteiger charge is 1.90. The SMILES string of the molecule is FNNc1cccc(F)c1. The number of halogens is 2. The maximum atomic E-state index is 12.3. The van der Waals surface area contributed by atoms with E-state index in [9.17, 15) is 8.87 Å². The van der Waals surface area contributed by atoms with Crippen molar-refractivity contribution < 1.29 is 8.87 Å². The minimum Gasteiger partial charge on any atom is -0.295 e. The molecule has 0 radical (unpaired) electrons. The van der Waals surface area contributed by atoms with Gasteiger partial charge in [-0.1, -0.05) is 11.7 Å². The van der Waals surface area contributed by atoms with Crippen molar-refractivity contribution in [1.82, 2.24) is 5.65 Å². The lowest BCUT2D eigenvalue weighted by Crippen LogP contribution is -2.09. The third kappa shape index (κ3) is 1.66. The maximum absolute atomic E-state index is 12.3. The van der Waals surface area contributed by atoms with Gasteiger partial charge in [-0.2, -0.15) is 0 Å². The Morgan fingerprint density at radius 3 is 2.70 bits per heavy atom. The molecule has 0 bridgehead atoms. The van der Waals surface area contributed by atoms with E-state index in [-0.39, 0.29) is 0 Å². The van der Waals surface area contributed by atoms with Crippen molar-refractivity contribution in [2.24, 2.45) is 0 Å². The van der Waals surface area contributed by atoms with Crippen LogP contribution in [0.1, 0.15) is 0 Å². The van der Waals surface area contributed by atoms with E-state index < -0.39 is 5.82 Å². The first kappa shape index (κ1) is 6.95. The molecule has 1 aromatic carbocycles. The largest absolute Gasteiger partial charge is 0.295 e. The fourth-order valence-corrected chi connectivity index (χ4v) is 0.621. The summed E-state index contributed by atoms with van der Waals surface area (Å²) in [4.78, 5) is 0. The van der Waals surface area contributed by atoms with Gasteiger partial charge in [0.2, 0.25) is 0 Å². The lowest BCUT2D eigenvalue weighted by Gasteiger charge is -1.99. The van der Waals surface area contributed by atoms with Gasteiger partial charge in [0.25, 0.3) is 0 Å². The van der Waals surface area contributed by atoms with Crippen LogP contribution in [0.25, 0.3) is 0 Å². The Hall–Kier alpha value is -1.16. The van der Waals surface area contributed by atoms with E-state index in [0.717, 1.165) is 0 Å². The van der Waals surface area contributed by atoms with Gasteiger partial charge in [0.1, 0.15) is 5.82 Å². The molecule has 0 aliphatic rings. The van der Waals surface area contributed by atoms with Crippen LogP contribution >= 0.6 is 0 Å². The molecule has 0 saturated carbocycles. The van der Waals surface area contributed by atoms with Crippen molar-refractivity contribution in [2.45, 2.75) is 0 Å². The van der Waals surface area contributed by atoms with Crippen molar-refractivity contribution in [1.29, 1.82) is 0 Å². The van der Waals surface area contributed by atoms with Gasteiger partial charge < -0.3 is 0 Å². The summed E-state index contributed by atoms with van der Waals surface area (Å²) in [5, 5.41) is 0. The minimum absolute atomic E-state index is 0.350. The number of anilines is 1. The molecule has 2 nitrogen and oxygen atoms in total. The first-order valence-electron chi connectivity index (χ1n) is 2.70. The van der Waals surface area contributed by atoms with Crippen LogP contribution in [-0.2, 0) is 0 Å². The summed E-state index contributed by atoms with van der Waals surface area (Å²) in [6.07, 6.45) is 0. The first-order valence-corrected chi connectivity index (χ1v) is 2.70. The Kier molecular flexibility index (Phi) is 2.17. The van der Waals surface area contributed by atoms with Gasteiger partial charge >= 0.3 is 0 Å². The van der Waals surface area contributed by atoms with Crippen LogP contribution in [0.2, 0.25) is 0 Å². The molecule has 1 aromatic rings. The van der Waals surface area contributed by atoms with Gasteiger partial charge in [-0.05, 0) is 18.2 Å². The zero-order valence-electron chi connectivity index (χ0n) is 5.07. The average Bonchev–Trinajstić information content (AvgIpc) is 1.88. The van der Waals surface area contributed by atoms with E-state index in [4.69, 9.17) is 0 Å². The number of nitrogens with one attached hydrogen (secondary N) is 2. The maximum Gasteiger partial charge on any atom is 0.125 e. The van der Waals surface area contributed by atoms with E-state index in [2.05, 4.69) is 5.43 Å². The van der Waals surface area contributed by atoms with Gasteiger partial charge in [-0.3, -0.25) is 5.43 Å². The zero-order valence-corrected chi connectivity index (χ0v) is 5.07. The summed E-state index contributed by atoms with van der Waals surface area (Å²) in [5.41, 5.74) is 3.64. The van der Waals surface area contributed by atoms with Crippen LogP contribution in [0.15, 0.2) is 24.3 Å². The monoisotopic (exact) mass is 144 g/mol. The molecule has 0 amide bonds. The number of benzene rings is 1. The van der Waals surface area contributed by atoms with Gasteiger partial charge in [0.05, 0.1) is 5.69 Å². The quantitative estimate of drug-likeness (QED) is 0.487. The summed E-state index contributed by atoms with van der Waals surface area (Å²) in [5.74, 6) is -0.403. The Morgan fingerprint density at radius 2 is 2.10 bits per heavy atom. The molecule has 0 atom stereocenters. The van der Waals surface area contributed by atoms with E-state index >= 15 is 0 Å². The topological polar surface area (TPSA) is 24.1 Å². The van der Waals surface area contributed by atoms with E-state index in [1.807, 2.05) is 0 Å². The molecular weight excluding hydrogens is 138 g/mol. The smallest absolute Gasteiger partial charge is 0.125 e. The minimum atomic E-state index is -0.403. The molecule has 2 N–H and O–H groups in total. The van der Waals surface area contributed by atoms with Gasteiger partial charge in [0.15, 0.2) is 0 Å². The Labute approximate surface area is 56.8 Å². The average molecular weight is 144 g/mol. The Balaban J connectivity index is 2.75. The molecule has 1 rings (SSSR count). The highest BCUT2D eigenvalue weighted by Crippen LogP contribution is 2.06. The molecule has 54 valence electrons.